The number of hydrogen-bond acceptors (Lipinski definition) is 4. The van der Waals surface area contributed by atoms with Crippen molar-refractivity contribution in [3.05, 3.63) is 10.7 Å². The summed E-state index contributed by atoms with van der Waals surface area (Å²) in [5, 5.41) is 0.878. The molecule has 1 N–H and O–H groups in total. The van der Waals surface area contributed by atoms with E-state index in [1.807, 2.05) is 6.92 Å². The zero-order chi connectivity index (χ0) is 7.72. The first-order chi connectivity index (χ1) is 4.61. The summed E-state index contributed by atoms with van der Waals surface area (Å²) < 4.78 is 18.2. The summed E-state index contributed by atoms with van der Waals surface area (Å²) >= 11 is 1.34. The van der Waals surface area contributed by atoms with E-state index in [9.17, 15) is 4.21 Å². The molecule has 0 radical (unpaired) electrons. The van der Waals surface area contributed by atoms with Gasteiger partial charge in [0.05, 0.1) is 21.3 Å². The van der Waals surface area contributed by atoms with Crippen LogP contribution >= 0.6 is 11.3 Å². The van der Waals surface area contributed by atoms with Crippen LogP contribution in [0.2, 0.25) is 0 Å². The summed E-state index contributed by atoms with van der Waals surface area (Å²) in [5.41, 5.74) is 0.735. The van der Waals surface area contributed by atoms with Gasteiger partial charge in [-0.15, -0.1) is 11.3 Å². The van der Waals surface area contributed by atoms with Crippen LogP contribution in [0.25, 0.3) is 0 Å². The Morgan fingerprint density at radius 3 is 2.40 bits per heavy atom. The Kier molecular flexibility index (Phi) is 2.05. The maximum absolute atomic E-state index is 10.7. The van der Waals surface area contributed by atoms with Crippen molar-refractivity contribution < 1.29 is 4.21 Å². The third-order valence-corrected chi connectivity index (χ3v) is 3.40. The van der Waals surface area contributed by atoms with Crippen molar-refractivity contribution in [1.29, 1.82) is 4.78 Å². The molecule has 56 valence electrons. The summed E-state index contributed by atoms with van der Waals surface area (Å²) in [6.45, 7) is 3.63. The van der Waals surface area contributed by atoms with E-state index in [-0.39, 0.29) is 0 Å². The van der Waals surface area contributed by atoms with Crippen LogP contribution < -0.4 is 0 Å². The first-order valence-corrected chi connectivity index (χ1v) is 4.81. The lowest BCUT2D eigenvalue weighted by Crippen LogP contribution is -1.76. The highest BCUT2D eigenvalue weighted by Crippen LogP contribution is 2.17. The van der Waals surface area contributed by atoms with E-state index in [1.165, 1.54) is 11.3 Å². The number of nitrogens with one attached hydrogen (secondary N) is 1. The van der Waals surface area contributed by atoms with Crippen LogP contribution in [-0.4, -0.2) is 9.19 Å². The zero-order valence-corrected chi connectivity index (χ0v) is 7.42. The molecule has 0 aliphatic rings. The normalized spacial score (nSPS) is 13.4. The lowest BCUT2D eigenvalue weighted by molar-refractivity contribution is 0.688. The Hall–Kier alpha value is -0.420. The molecule has 0 saturated heterocycles. The van der Waals surface area contributed by atoms with Gasteiger partial charge in [-0.1, -0.05) is 0 Å². The molecular weight excluding hydrogens is 168 g/mol. The summed E-state index contributed by atoms with van der Waals surface area (Å²) in [5.74, 6) is 0. The van der Waals surface area contributed by atoms with Crippen molar-refractivity contribution >= 4 is 21.9 Å². The molecule has 1 aromatic rings. The highest BCUT2D eigenvalue weighted by atomic mass is 32.2. The Labute approximate surface area is 65.1 Å². The van der Waals surface area contributed by atoms with Crippen LogP contribution in [0.5, 0.6) is 0 Å². The Balaban J connectivity index is 3.28. The van der Waals surface area contributed by atoms with Crippen molar-refractivity contribution in [3.8, 4) is 0 Å². The number of aryl methyl sites for hydroxylation is 2. The second kappa shape index (κ2) is 2.67. The SMILES string of the molecule is Cc1nc(C)c([SH](=N)=O)s1. The quantitative estimate of drug-likeness (QED) is 0.635. The van der Waals surface area contributed by atoms with Gasteiger partial charge >= 0.3 is 0 Å². The van der Waals surface area contributed by atoms with Crippen molar-refractivity contribution in [2.45, 2.75) is 18.1 Å². The molecule has 3 nitrogen and oxygen atoms in total. The summed E-state index contributed by atoms with van der Waals surface area (Å²) in [7, 11) is -1.94. The molecule has 1 atom stereocenters. The van der Waals surface area contributed by atoms with Gasteiger partial charge in [-0.05, 0) is 13.8 Å². The van der Waals surface area contributed by atoms with E-state index in [1.54, 1.807) is 6.92 Å². The maximum atomic E-state index is 10.7. The van der Waals surface area contributed by atoms with Gasteiger partial charge in [0.1, 0.15) is 4.21 Å². The lowest BCUT2D eigenvalue weighted by Gasteiger charge is -1.81. The van der Waals surface area contributed by atoms with E-state index in [0.29, 0.717) is 4.21 Å². The molecule has 0 aromatic carbocycles. The van der Waals surface area contributed by atoms with Crippen molar-refractivity contribution in [1.82, 2.24) is 4.98 Å². The molecule has 1 unspecified atom stereocenters. The molecule has 0 aliphatic heterocycles. The van der Waals surface area contributed by atoms with Gasteiger partial charge in [0, 0.05) is 0 Å². The van der Waals surface area contributed by atoms with Crippen molar-refractivity contribution in [2.75, 3.05) is 0 Å². The average Bonchev–Trinajstić information content (AvgIpc) is 2.10. The van der Waals surface area contributed by atoms with E-state index < -0.39 is 10.6 Å². The number of rotatable bonds is 1. The Morgan fingerprint density at radius 2 is 2.20 bits per heavy atom. The maximum Gasteiger partial charge on any atom is 0.120 e. The van der Waals surface area contributed by atoms with Crippen LogP contribution in [0.4, 0.5) is 0 Å². The molecule has 0 fully saturated rings. The summed E-state index contributed by atoms with van der Waals surface area (Å²) in [6, 6.07) is 0. The highest BCUT2D eigenvalue weighted by molar-refractivity contribution is 7.76. The minimum atomic E-state index is -1.94. The molecular formula is C5H8N2OS2. The molecule has 10 heavy (non-hydrogen) atoms. The van der Waals surface area contributed by atoms with Gasteiger partial charge in [0.2, 0.25) is 0 Å². The standard InChI is InChI=1S/C5H8N2OS2/c1-3-5(10(6)8)9-4(2)7-3/h6,10H,1-2H3. The number of nitrogens with zero attached hydrogens (tertiary/aromatic N) is 1. The fourth-order valence-electron chi connectivity index (χ4n) is 0.709. The first kappa shape index (κ1) is 7.68. The topological polar surface area (TPSA) is 53.8 Å². The fourth-order valence-corrected chi connectivity index (χ4v) is 2.44. The van der Waals surface area contributed by atoms with E-state index >= 15 is 0 Å². The first-order valence-electron chi connectivity index (χ1n) is 2.74. The zero-order valence-electron chi connectivity index (χ0n) is 5.71. The second-order valence-corrected chi connectivity index (χ2v) is 4.46. The fraction of sp³-hybridized carbons (Fsp3) is 0.400. The lowest BCUT2D eigenvalue weighted by atomic mass is 10.6. The monoisotopic (exact) mass is 176 g/mol. The van der Waals surface area contributed by atoms with Gasteiger partial charge in [0.15, 0.2) is 0 Å². The summed E-state index contributed by atoms with van der Waals surface area (Å²) in [6.07, 6.45) is 0. The van der Waals surface area contributed by atoms with Crippen molar-refractivity contribution in [2.24, 2.45) is 0 Å². The molecule has 0 saturated carbocycles. The molecule has 0 bridgehead atoms. The third-order valence-electron chi connectivity index (χ3n) is 1.06. The molecule has 1 rings (SSSR count). The van der Waals surface area contributed by atoms with Gasteiger partial charge in [-0.25, -0.2) is 9.19 Å². The molecule has 0 amide bonds. The minimum Gasteiger partial charge on any atom is -0.251 e. The summed E-state index contributed by atoms with van der Waals surface area (Å²) in [4.78, 5) is 4.05. The van der Waals surface area contributed by atoms with Gasteiger partial charge in [0.25, 0.3) is 0 Å². The van der Waals surface area contributed by atoms with E-state index in [2.05, 4.69) is 4.98 Å². The molecule has 0 aliphatic carbocycles. The average molecular weight is 176 g/mol. The van der Waals surface area contributed by atoms with Gasteiger partial charge in [-0.2, -0.15) is 0 Å². The molecule has 1 heterocycles. The van der Waals surface area contributed by atoms with Crippen LogP contribution in [0.3, 0.4) is 0 Å². The smallest absolute Gasteiger partial charge is 0.120 e. The number of aromatic nitrogens is 1. The Morgan fingerprint density at radius 1 is 1.60 bits per heavy atom. The number of hydrogen-bond donors (Lipinski definition) is 2. The predicted molar refractivity (Wildman–Crippen MR) is 42.1 cm³/mol. The minimum absolute atomic E-state index is 0.604. The predicted octanol–water partition coefficient (Wildman–Crippen LogP) is 1.36. The van der Waals surface area contributed by atoms with Crippen molar-refractivity contribution in [3.63, 3.8) is 0 Å². The van der Waals surface area contributed by atoms with Gasteiger partial charge in [-0.3, -0.25) is 4.78 Å². The van der Waals surface area contributed by atoms with Crippen LogP contribution in [-0.2, 0) is 10.6 Å². The number of thiol groups is 1. The molecule has 1 aromatic heterocycles. The molecule has 5 heteroatoms. The Bertz CT molecular complexity index is 305. The highest BCUT2D eigenvalue weighted by Gasteiger charge is 2.03. The number of thiazole rings is 1. The van der Waals surface area contributed by atoms with Crippen LogP contribution in [0.1, 0.15) is 10.7 Å². The second-order valence-electron chi connectivity index (χ2n) is 1.92. The van der Waals surface area contributed by atoms with E-state index in [0.717, 1.165) is 10.7 Å². The van der Waals surface area contributed by atoms with Crippen LogP contribution in [0.15, 0.2) is 4.21 Å². The molecule has 0 spiro atoms. The van der Waals surface area contributed by atoms with Gasteiger partial charge < -0.3 is 0 Å². The largest absolute Gasteiger partial charge is 0.251 e. The van der Waals surface area contributed by atoms with E-state index in [4.69, 9.17) is 4.78 Å². The third kappa shape index (κ3) is 1.35. The van der Waals surface area contributed by atoms with Crippen LogP contribution in [0, 0.1) is 18.6 Å².